The summed E-state index contributed by atoms with van der Waals surface area (Å²) in [5.74, 6) is 0. The maximum Gasteiger partial charge on any atom is 1.00 e. The number of amides is 1. The van der Waals surface area contributed by atoms with Crippen molar-refractivity contribution in [2.24, 2.45) is 0 Å². The van der Waals surface area contributed by atoms with Crippen molar-refractivity contribution in [2.45, 2.75) is 0 Å². The van der Waals surface area contributed by atoms with Gasteiger partial charge in [0.2, 0.25) is 6.41 Å². The summed E-state index contributed by atoms with van der Waals surface area (Å²) in [5, 5.41) is 2.53. The minimum Gasteiger partial charge on any atom is -1.00 e. The number of anilines is 1. The number of carbonyl (C=O) groups excluding carboxylic acids is 1. The summed E-state index contributed by atoms with van der Waals surface area (Å²) in [5.41, 5.74) is 0.826. The molecule has 0 heterocycles. The summed E-state index contributed by atoms with van der Waals surface area (Å²) in [6.45, 7) is 0. The van der Waals surface area contributed by atoms with Crippen molar-refractivity contribution < 1.29 is 25.1 Å². The van der Waals surface area contributed by atoms with Crippen molar-refractivity contribution >= 4 is 12.1 Å². The van der Waals surface area contributed by atoms with E-state index in [-0.39, 0.29) is 20.3 Å². The van der Waals surface area contributed by atoms with Crippen LogP contribution in [-0.2, 0) is 4.79 Å². The Hall–Kier alpha value is -0.713. The van der Waals surface area contributed by atoms with E-state index in [0.29, 0.717) is 6.41 Å². The topological polar surface area (TPSA) is 29.1 Å². The van der Waals surface area contributed by atoms with Crippen LogP contribution < -0.4 is 24.2 Å². The Labute approximate surface area is 73.3 Å². The fourth-order valence-electron chi connectivity index (χ4n) is 0.602. The van der Waals surface area contributed by atoms with Crippen LogP contribution in [0.3, 0.4) is 0 Å². The second-order valence-electron chi connectivity index (χ2n) is 1.63. The quantitative estimate of drug-likeness (QED) is 0.377. The SMILES string of the molecule is O=CNc1ccccc1.[H-].[Li+]. The monoisotopic (exact) mass is 129 g/mol. The Morgan fingerprint density at radius 1 is 1.30 bits per heavy atom. The molecule has 10 heavy (non-hydrogen) atoms. The maximum absolute atomic E-state index is 9.86. The first-order valence-electron chi connectivity index (χ1n) is 2.69. The summed E-state index contributed by atoms with van der Waals surface area (Å²) in [7, 11) is 0. The number of rotatable bonds is 2. The average molecular weight is 129 g/mol. The van der Waals surface area contributed by atoms with E-state index in [0.717, 1.165) is 5.69 Å². The van der Waals surface area contributed by atoms with E-state index < -0.39 is 0 Å². The molecule has 1 aromatic carbocycles. The molecule has 0 aliphatic carbocycles. The minimum atomic E-state index is 0. The molecule has 2 nitrogen and oxygen atoms in total. The van der Waals surface area contributed by atoms with Gasteiger partial charge < -0.3 is 6.74 Å². The predicted octanol–water partition coefficient (Wildman–Crippen LogP) is -1.63. The number of para-hydroxylation sites is 1. The Morgan fingerprint density at radius 3 is 2.40 bits per heavy atom. The van der Waals surface area contributed by atoms with Crippen molar-refractivity contribution in [2.75, 3.05) is 5.32 Å². The fraction of sp³-hybridized carbons (Fsp3) is 0. The van der Waals surface area contributed by atoms with Gasteiger partial charge in [-0.15, -0.1) is 0 Å². The third-order valence-electron chi connectivity index (χ3n) is 0.999. The molecule has 1 aromatic rings. The number of benzene rings is 1. The number of nitrogens with one attached hydrogen (secondary N) is 1. The molecule has 1 amide bonds. The zero-order chi connectivity index (χ0) is 6.53. The Bertz CT molecular complexity index is 193. The van der Waals surface area contributed by atoms with E-state index in [1.165, 1.54) is 0 Å². The summed E-state index contributed by atoms with van der Waals surface area (Å²) in [6.07, 6.45) is 0.662. The zero-order valence-corrected chi connectivity index (χ0v) is 5.87. The van der Waals surface area contributed by atoms with E-state index in [1.807, 2.05) is 30.3 Å². The molecular formula is C7H8LiNO. The van der Waals surface area contributed by atoms with Crippen LogP contribution in [-0.4, -0.2) is 6.41 Å². The van der Waals surface area contributed by atoms with Crippen LogP contribution in [0.15, 0.2) is 30.3 Å². The summed E-state index contributed by atoms with van der Waals surface area (Å²) in [4.78, 5) is 9.86. The van der Waals surface area contributed by atoms with Gasteiger partial charge in [-0.05, 0) is 12.1 Å². The van der Waals surface area contributed by atoms with Gasteiger partial charge in [0.25, 0.3) is 0 Å². The minimum absolute atomic E-state index is 0. The van der Waals surface area contributed by atoms with E-state index in [4.69, 9.17) is 0 Å². The molecule has 3 heteroatoms. The van der Waals surface area contributed by atoms with Crippen molar-refractivity contribution in [1.82, 2.24) is 0 Å². The molecule has 1 rings (SSSR count). The summed E-state index contributed by atoms with van der Waals surface area (Å²) < 4.78 is 0. The summed E-state index contributed by atoms with van der Waals surface area (Å²) in [6, 6.07) is 9.29. The zero-order valence-electron chi connectivity index (χ0n) is 6.87. The predicted molar refractivity (Wildman–Crippen MR) is 37.2 cm³/mol. The Balaban J connectivity index is 0. The molecule has 0 aromatic heterocycles. The van der Waals surface area contributed by atoms with Gasteiger partial charge in [-0.3, -0.25) is 4.79 Å². The molecule has 0 radical (unpaired) electrons. The van der Waals surface area contributed by atoms with Crippen LogP contribution in [0.2, 0.25) is 0 Å². The summed E-state index contributed by atoms with van der Waals surface area (Å²) >= 11 is 0. The molecule has 0 spiro atoms. The van der Waals surface area contributed by atoms with Crippen LogP contribution in [0, 0.1) is 0 Å². The molecule has 0 fully saturated rings. The standard InChI is InChI=1S/C7H7NO.Li.H/c9-6-8-7-4-2-1-3-5-7;;/h1-6H,(H,8,9);;/q;+1;-1. The molecule has 0 saturated carbocycles. The normalized spacial score (nSPS) is 7.60. The third-order valence-corrected chi connectivity index (χ3v) is 0.999. The molecule has 0 atom stereocenters. The van der Waals surface area contributed by atoms with Crippen LogP contribution in [0.1, 0.15) is 1.43 Å². The second kappa shape index (κ2) is 5.10. The first-order chi connectivity index (χ1) is 4.43. The van der Waals surface area contributed by atoms with Gasteiger partial charge in [0.15, 0.2) is 0 Å². The van der Waals surface area contributed by atoms with Gasteiger partial charge in [0.1, 0.15) is 0 Å². The largest absolute Gasteiger partial charge is 1.00 e. The molecule has 0 aliphatic heterocycles. The van der Waals surface area contributed by atoms with Crippen molar-refractivity contribution in [1.29, 1.82) is 0 Å². The van der Waals surface area contributed by atoms with E-state index in [2.05, 4.69) is 5.32 Å². The van der Waals surface area contributed by atoms with Crippen molar-refractivity contribution in [3.63, 3.8) is 0 Å². The first kappa shape index (κ1) is 9.29. The number of carbonyl (C=O) groups is 1. The molecule has 48 valence electrons. The van der Waals surface area contributed by atoms with Gasteiger partial charge in [-0.2, -0.15) is 0 Å². The van der Waals surface area contributed by atoms with Crippen LogP contribution in [0.5, 0.6) is 0 Å². The van der Waals surface area contributed by atoms with Crippen molar-refractivity contribution in [3.8, 4) is 0 Å². The Kier molecular flexibility index (Phi) is 4.74. The van der Waals surface area contributed by atoms with Crippen LogP contribution in [0.25, 0.3) is 0 Å². The van der Waals surface area contributed by atoms with Crippen LogP contribution >= 0.6 is 0 Å². The molecule has 0 unspecified atom stereocenters. The fourth-order valence-corrected chi connectivity index (χ4v) is 0.602. The third kappa shape index (κ3) is 2.72. The second-order valence-corrected chi connectivity index (χ2v) is 1.63. The maximum atomic E-state index is 9.86. The Morgan fingerprint density at radius 2 is 1.90 bits per heavy atom. The first-order valence-corrected chi connectivity index (χ1v) is 2.69. The van der Waals surface area contributed by atoms with Gasteiger partial charge in [0, 0.05) is 5.69 Å². The van der Waals surface area contributed by atoms with Gasteiger partial charge >= 0.3 is 18.9 Å². The van der Waals surface area contributed by atoms with Crippen molar-refractivity contribution in [3.05, 3.63) is 30.3 Å². The van der Waals surface area contributed by atoms with Gasteiger partial charge in [-0.25, -0.2) is 0 Å². The number of hydrogen-bond donors (Lipinski definition) is 1. The molecular weight excluding hydrogens is 121 g/mol. The molecule has 0 aliphatic rings. The van der Waals surface area contributed by atoms with E-state index in [9.17, 15) is 4.79 Å². The smallest absolute Gasteiger partial charge is 1.00 e. The van der Waals surface area contributed by atoms with Gasteiger partial charge in [0.05, 0.1) is 0 Å². The molecule has 1 N–H and O–H groups in total. The molecule has 0 saturated heterocycles. The van der Waals surface area contributed by atoms with E-state index in [1.54, 1.807) is 0 Å². The average Bonchev–Trinajstić information content (AvgIpc) is 1.91. The number of hydrogen-bond acceptors (Lipinski definition) is 1. The molecule has 0 bridgehead atoms. The van der Waals surface area contributed by atoms with Gasteiger partial charge in [-0.1, -0.05) is 18.2 Å². The van der Waals surface area contributed by atoms with E-state index >= 15 is 0 Å². The van der Waals surface area contributed by atoms with Crippen LogP contribution in [0.4, 0.5) is 5.69 Å².